The SMILES string of the molecule is CC/C=C(\c1cc(-c2ccc(C=O)[nH]2)cc(C(N)=O)c1C)C1CCN(SCCCCN2CCOCC2)CC1. The molecule has 0 aliphatic carbocycles. The molecule has 0 atom stereocenters. The summed E-state index contributed by atoms with van der Waals surface area (Å²) in [6.07, 6.45) is 8.74. The van der Waals surface area contributed by atoms with E-state index in [0.29, 0.717) is 17.2 Å². The van der Waals surface area contributed by atoms with Crippen LogP contribution in [0.4, 0.5) is 0 Å². The smallest absolute Gasteiger partial charge is 0.249 e. The van der Waals surface area contributed by atoms with Gasteiger partial charge in [0.15, 0.2) is 6.29 Å². The Balaban J connectivity index is 1.39. The molecule has 2 saturated heterocycles. The minimum atomic E-state index is -0.427. The third-order valence-electron chi connectivity index (χ3n) is 7.69. The number of benzene rings is 1. The van der Waals surface area contributed by atoms with Crippen molar-refractivity contribution >= 4 is 29.7 Å². The Morgan fingerprint density at radius 3 is 2.53 bits per heavy atom. The Labute approximate surface area is 231 Å². The van der Waals surface area contributed by atoms with Crippen LogP contribution in [0, 0.1) is 12.8 Å². The van der Waals surface area contributed by atoms with E-state index in [2.05, 4.69) is 33.3 Å². The van der Waals surface area contributed by atoms with Crippen molar-refractivity contribution < 1.29 is 14.3 Å². The average molecular weight is 539 g/mol. The number of nitrogens with one attached hydrogen (secondary N) is 1. The molecule has 0 radical (unpaired) electrons. The number of piperidine rings is 1. The topological polar surface area (TPSA) is 91.7 Å². The summed E-state index contributed by atoms with van der Waals surface area (Å²) in [5.41, 5.74) is 11.9. The highest BCUT2D eigenvalue weighted by molar-refractivity contribution is 7.97. The van der Waals surface area contributed by atoms with Crippen LogP contribution in [0.2, 0.25) is 0 Å². The molecule has 2 fully saturated rings. The normalized spacial score (nSPS) is 18.1. The van der Waals surface area contributed by atoms with E-state index in [1.54, 1.807) is 6.07 Å². The number of hydrogen-bond donors (Lipinski definition) is 2. The van der Waals surface area contributed by atoms with Crippen molar-refractivity contribution in [3.8, 4) is 11.3 Å². The molecule has 1 aromatic carbocycles. The van der Waals surface area contributed by atoms with E-state index in [-0.39, 0.29) is 0 Å². The molecule has 3 N–H and O–H groups in total. The van der Waals surface area contributed by atoms with E-state index in [1.807, 2.05) is 31.0 Å². The van der Waals surface area contributed by atoms with Gasteiger partial charge in [-0.1, -0.05) is 24.9 Å². The molecular weight excluding hydrogens is 496 g/mol. The van der Waals surface area contributed by atoms with Crippen LogP contribution in [0.3, 0.4) is 0 Å². The monoisotopic (exact) mass is 538 g/mol. The van der Waals surface area contributed by atoms with Crippen molar-refractivity contribution in [2.75, 3.05) is 51.7 Å². The molecular formula is C30H42N4O3S. The standard InChI is InChI=1S/C30H42N4O3S/c1-3-6-26(23-9-12-34(13-10-23)38-18-5-4-11-33-14-16-37-17-15-33)27-19-24(20-28(22(27)2)30(31)36)29-8-7-25(21-35)32-29/h6-8,19-21,23,32H,3-5,9-18H2,1-2H3,(H2,31,36)/b26-6-. The number of carbonyl (C=O) groups is 2. The Hall–Kier alpha value is -2.39. The molecule has 2 aliphatic heterocycles. The minimum absolute atomic E-state index is 0.427. The molecule has 1 aromatic heterocycles. The van der Waals surface area contributed by atoms with Crippen LogP contribution >= 0.6 is 11.9 Å². The van der Waals surface area contributed by atoms with Gasteiger partial charge >= 0.3 is 0 Å². The molecule has 206 valence electrons. The van der Waals surface area contributed by atoms with Crippen molar-refractivity contribution in [1.82, 2.24) is 14.2 Å². The number of rotatable bonds is 12. The van der Waals surface area contributed by atoms with Crippen molar-refractivity contribution in [1.29, 1.82) is 0 Å². The number of nitrogens with zero attached hydrogens (tertiary/aromatic N) is 2. The Kier molecular flexibility index (Phi) is 10.6. The number of unbranched alkanes of at least 4 members (excludes halogenated alkanes) is 1. The van der Waals surface area contributed by atoms with E-state index in [0.717, 1.165) is 87.3 Å². The van der Waals surface area contributed by atoms with Crippen molar-refractivity contribution in [3.63, 3.8) is 0 Å². The number of aromatic amines is 1. The van der Waals surface area contributed by atoms with Gasteiger partial charge in [-0.15, -0.1) is 0 Å². The number of hydrogen-bond acceptors (Lipinski definition) is 6. The van der Waals surface area contributed by atoms with Crippen LogP contribution < -0.4 is 5.73 Å². The largest absolute Gasteiger partial charge is 0.379 e. The first-order chi connectivity index (χ1) is 18.5. The Morgan fingerprint density at radius 1 is 1.13 bits per heavy atom. The number of nitrogens with two attached hydrogens (primary N) is 1. The minimum Gasteiger partial charge on any atom is -0.379 e. The molecule has 4 rings (SSSR count). The summed E-state index contributed by atoms with van der Waals surface area (Å²) in [6.45, 7) is 11.4. The van der Waals surface area contributed by atoms with Crippen LogP contribution in [-0.4, -0.2) is 78.1 Å². The third kappa shape index (κ3) is 7.38. The first-order valence-electron chi connectivity index (χ1n) is 14.0. The number of primary amides is 1. The number of amides is 1. The zero-order valence-corrected chi connectivity index (χ0v) is 23.7. The van der Waals surface area contributed by atoms with Gasteiger partial charge < -0.3 is 15.5 Å². The Bertz CT molecular complexity index is 1110. The van der Waals surface area contributed by atoms with Gasteiger partial charge in [-0.25, -0.2) is 0 Å². The molecule has 0 spiro atoms. The summed E-state index contributed by atoms with van der Waals surface area (Å²) in [7, 11) is 0. The highest BCUT2D eigenvalue weighted by Gasteiger charge is 2.26. The number of carbonyl (C=O) groups excluding carboxylic acids is 2. The predicted octanol–water partition coefficient (Wildman–Crippen LogP) is 5.17. The number of aldehydes is 1. The predicted molar refractivity (Wildman–Crippen MR) is 156 cm³/mol. The summed E-state index contributed by atoms with van der Waals surface area (Å²) in [5, 5.41) is 0. The quantitative estimate of drug-likeness (QED) is 0.220. The molecule has 2 aromatic rings. The van der Waals surface area contributed by atoms with Gasteiger partial charge in [0, 0.05) is 43.2 Å². The molecule has 2 aliphatic rings. The zero-order valence-electron chi connectivity index (χ0n) is 22.8. The second-order valence-corrected chi connectivity index (χ2v) is 11.5. The maximum absolute atomic E-state index is 12.4. The van der Waals surface area contributed by atoms with E-state index >= 15 is 0 Å². The van der Waals surface area contributed by atoms with Gasteiger partial charge in [0.05, 0.1) is 18.9 Å². The summed E-state index contributed by atoms with van der Waals surface area (Å²) in [5.74, 6) is 1.19. The molecule has 1 amide bonds. The summed E-state index contributed by atoms with van der Waals surface area (Å²) >= 11 is 2.00. The number of H-pyrrole nitrogens is 1. The van der Waals surface area contributed by atoms with E-state index in [4.69, 9.17) is 10.5 Å². The van der Waals surface area contributed by atoms with E-state index in [9.17, 15) is 9.59 Å². The van der Waals surface area contributed by atoms with Gasteiger partial charge in [-0.3, -0.25) is 18.8 Å². The third-order valence-corrected chi connectivity index (χ3v) is 8.90. The lowest BCUT2D eigenvalue weighted by Gasteiger charge is -2.33. The van der Waals surface area contributed by atoms with Gasteiger partial charge in [0.1, 0.15) is 0 Å². The molecule has 0 bridgehead atoms. The average Bonchev–Trinajstić information content (AvgIpc) is 3.42. The molecule has 0 unspecified atom stereocenters. The van der Waals surface area contributed by atoms with Crippen LogP contribution in [0.5, 0.6) is 0 Å². The first kappa shape index (κ1) is 28.6. The summed E-state index contributed by atoms with van der Waals surface area (Å²) in [4.78, 5) is 29.2. The molecule has 8 heteroatoms. The van der Waals surface area contributed by atoms with Crippen molar-refractivity contribution in [3.05, 3.63) is 52.7 Å². The Morgan fingerprint density at radius 2 is 1.87 bits per heavy atom. The summed E-state index contributed by atoms with van der Waals surface area (Å²) < 4.78 is 7.97. The molecule has 3 heterocycles. The van der Waals surface area contributed by atoms with Crippen LogP contribution in [-0.2, 0) is 4.74 Å². The zero-order chi connectivity index (χ0) is 26.9. The highest BCUT2D eigenvalue weighted by atomic mass is 32.2. The van der Waals surface area contributed by atoms with Crippen LogP contribution in [0.25, 0.3) is 16.8 Å². The lowest BCUT2D eigenvalue weighted by molar-refractivity contribution is 0.0374. The van der Waals surface area contributed by atoms with Crippen molar-refractivity contribution in [2.24, 2.45) is 11.7 Å². The molecule has 38 heavy (non-hydrogen) atoms. The summed E-state index contributed by atoms with van der Waals surface area (Å²) in [6, 6.07) is 7.62. The lowest BCUT2D eigenvalue weighted by Crippen LogP contribution is -2.36. The maximum Gasteiger partial charge on any atom is 0.249 e. The van der Waals surface area contributed by atoms with Crippen LogP contribution in [0.15, 0.2) is 30.3 Å². The highest BCUT2D eigenvalue weighted by Crippen LogP contribution is 2.38. The second-order valence-electron chi connectivity index (χ2n) is 10.3. The van der Waals surface area contributed by atoms with E-state index in [1.165, 1.54) is 30.7 Å². The fraction of sp³-hybridized carbons (Fsp3) is 0.533. The fourth-order valence-electron chi connectivity index (χ4n) is 5.54. The van der Waals surface area contributed by atoms with E-state index < -0.39 is 5.91 Å². The lowest BCUT2D eigenvalue weighted by atomic mass is 9.81. The molecule has 7 nitrogen and oxygen atoms in total. The van der Waals surface area contributed by atoms with Gasteiger partial charge in [0.2, 0.25) is 5.91 Å². The van der Waals surface area contributed by atoms with Gasteiger partial charge in [0.25, 0.3) is 0 Å². The van der Waals surface area contributed by atoms with Gasteiger partial charge in [-0.05, 0) is 98.0 Å². The number of aromatic nitrogens is 1. The van der Waals surface area contributed by atoms with Crippen molar-refractivity contribution in [2.45, 2.75) is 46.0 Å². The van der Waals surface area contributed by atoms with Crippen LogP contribution in [0.1, 0.15) is 71.0 Å². The number of morpholine rings is 1. The molecule has 0 saturated carbocycles. The number of ether oxygens (including phenoxy) is 1. The fourth-order valence-corrected chi connectivity index (χ4v) is 6.60. The van der Waals surface area contributed by atoms with Gasteiger partial charge in [-0.2, -0.15) is 0 Å². The maximum atomic E-state index is 12.4. The second kappa shape index (κ2) is 14.1. The first-order valence-corrected chi connectivity index (χ1v) is 14.9. The number of allylic oxidation sites excluding steroid dienone is 2.